The number of halogens is 4. The second-order valence-corrected chi connectivity index (χ2v) is 3.61. The van der Waals surface area contributed by atoms with E-state index in [0.29, 0.717) is 5.75 Å². The fraction of sp³-hybridized carbons (Fsp3) is 0.500. The fourth-order valence-electron chi connectivity index (χ4n) is 0.782. The second-order valence-electron chi connectivity index (χ2n) is 2.14. The molecule has 0 fully saturated rings. The molecule has 0 aromatic rings. The molecule has 1 rings (SSSR count). The Balaban J connectivity index is 3.04. The quantitative estimate of drug-likeness (QED) is 0.514. The first-order valence-corrected chi connectivity index (χ1v) is 4.58. The molecule has 0 radical (unpaired) electrons. The van der Waals surface area contributed by atoms with Crippen LogP contribution < -0.4 is 0 Å². The first-order chi connectivity index (χ1) is 5.93. The van der Waals surface area contributed by atoms with Crippen LogP contribution in [0.1, 0.15) is 0 Å². The summed E-state index contributed by atoms with van der Waals surface area (Å²) in [7, 11) is 0. The zero-order chi connectivity index (χ0) is 10.1. The van der Waals surface area contributed by atoms with Gasteiger partial charge in [0.05, 0.1) is 6.61 Å². The van der Waals surface area contributed by atoms with Crippen molar-refractivity contribution in [3.63, 3.8) is 0 Å². The van der Waals surface area contributed by atoms with Crippen LogP contribution in [0.15, 0.2) is 10.7 Å². The van der Waals surface area contributed by atoms with Gasteiger partial charge in [-0.15, -0.1) is 11.8 Å². The number of allylic oxidation sites excluding steroid dienone is 2. The first-order valence-electron chi connectivity index (χ1n) is 3.22. The minimum absolute atomic E-state index is 0.0345. The van der Waals surface area contributed by atoms with E-state index >= 15 is 0 Å². The molecular formula is C6H5ClF3O2S+. The number of rotatable bonds is 1. The highest BCUT2D eigenvalue weighted by atomic mass is 35.5. The summed E-state index contributed by atoms with van der Waals surface area (Å²) >= 11 is 5.89. The molecule has 74 valence electrons. The van der Waals surface area contributed by atoms with Crippen molar-refractivity contribution in [1.29, 1.82) is 0 Å². The van der Waals surface area contributed by atoms with Crippen LogP contribution in [0.25, 0.3) is 0 Å². The van der Waals surface area contributed by atoms with Crippen LogP contribution in [0.3, 0.4) is 0 Å². The van der Waals surface area contributed by atoms with Gasteiger partial charge in [0.1, 0.15) is 0 Å². The summed E-state index contributed by atoms with van der Waals surface area (Å²) in [5.74, 6) is -0.873. The third-order valence-corrected chi connectivity index (χ3v) is 2.57. The maximum atomic E-state index is 12.2. The summed E-state index contributed by atoms with van der Waals surface area (Å²) < 4.78 is 40.9. The molecule has 0 saturated carbocycles. The van der Waals surface area contributed by atoms with Crippen molar-refractivity contribution in [3.8, 4) is 0 Å². The average Bonchev–Trinajstić information content (AvgIpc) is 2.03. The van der Waals surface area contributed by atoms with Crippen molar-refractivity contribution in [2.45, 2.75) is 6.18 Å². The Morgan fingerprint density at radius 1 is 1.54 bits per heavy atom. The van der Waals surface area contributed by atoms with Crippen molar-refractivity contribution < 1.29 is 22.7 Å². The Morgan fingerprint density at radius 3 is 2.54 bits per heavy atom. The smallest absolute Gasteiger partial charge is 0.450 e. The maximum absolute atomic E-state index is 12.2. The predicted octanol–water partition coefficient (Wildman–Crippen LogP) is 2.26. The van der Waals surface area contributed by atoms with E-state index in [1.54, 1.807) is 0 Å². The van der Waals surface area contributed by atoms with Crippen molar-refractivity contribution in [2.24, 2.45) is 0 Å². The lowest BCUT2D eigenvalue weighted by Gasteiger charge is -2.18. The van der Waals surface area contributed by atoms with Gasteiger partial charge < -0.3 is 4.74 Å². The standard InChI is InChI=1S/C6H4ClF3O2S/c7-5(11)3-4(6(8,9)10)12-1-2-13-3/h1-2H2/p+1. The van der Waals surface area contributed by atoms with Gasteiger partial charge in [0.25, 0.3) is 0 Å². The Bertz CT molecular complexity index is 261. The zero-order valence-corrected chi connectivity index (χ0v) is 7.76. The Labute approximate surface area is 81.1 Å². The molecule has 1 N–H and O–H groups in total. The van der Waals surface area contributed by atoms with Gasteiger partial charge in [-0.25, -0.2) is 0 Å². The lowest BCUT2D eigenvalue weighted by molar-refractivity contribution is -0.130. The van der Waals surface area contributed by atoms with Crippen molar-refractivity contribution >= 4 is 28.6 Å². The third kappa shape index (κ3) is 2.54. The molecule has 0 aliphatic carbocycles. The van der Waals surface area contributed by atoms with Crippen molar-refractivity contribution in [3.05, 3.63) is 10.7 Å². The molecule has 7 heteroatoms. The summed E-state index contributed by atoms with van der Waals surface area (Å²) in [5, 5.41) is -0.878. The molecule has 13 heavy (non-hydrogen) atoms. The van der Waals surface area contributed by atoms with Gasteiger partial charge in [-0.3, -0.25) is 4.79 Å². The van der Waals surface area contributed by atoms with E-state index in [1.165, 1.54) is 0 Å². The van der Waals surface area contributed by atoms with Gasteiger partial charge in [-0.05, 0) is 0 Å². The van der Waals surface area contributed by atoms with Crippen molar-refractivity contribution in [1.82, 2.24) is 0 Å². The second kappa shape index (κ2) is 3.79. The molecule has 0 aromatic heterocycles. The molecule has 2 nitrogen and oxygen atoms in total. The molecule has 1 aliphatic rings. The molecule has 0 aromatic carbocycles. The summed E-state index contributed by atoms with van der Waals surface area (Å²) in [6.45, 7) is -0.0345. The number of ether oxygens (including phenoxy) is 1. The van der Waals surface area contributed by atoms with Gasteiger partial charge >= 0.3 is 11.4 Å². The zero-order valence-electron chi connectivity index (χ0n) is 6.19. The van der Waals surface area contributed by atoms with E-state index in [-0.39, 0.29) is 6.61 Å². The molecular weight excluding hydrogens is 229 g/mol. The molecule has 0 atom stereocenters. The molecule has 1 aliphatic heterocycles. The topological polar surface area (TPSA) is 30.6 Å². The Morgan fingerprint density at radius 2 is 2.15 bits per heavy atom. The van der Waals surface area contributed by atoms with Gasteiger partial charge in [0, 0.05) is 17.4 Å². The van der Waals surface area contributed by atoms with E-state index in [9.17, 15) is 13.2 Å². The van der Waals surface area contributed by atoms with Gasteiger partial charge in [-0.2, -0.15) is 13.2 Å². The van der Waals surface area contributed by atoms with Crippen LogP contribution in [-0.2, 0) is 4.74 Å². The van der Waals surface area contributed by atoms with Gasteiger partial charge in [-0.1, -0.05) is 0 Å². The number of hydrogen-bond donors (Lipinski definition) is 0. The van der Waals surface area contributed by atoms with E-state index in [0.717, 1.165) is 11.8 Å². The average molecular weight is 234 g/mol. The highest BCUT2D eigenvalue weighted by molar-refractivity contribution is 8.04. The lowest BCUT2D eigenvalue weighted by Crippen LogP contribution is -2.22. The van der Waals surface area contributed by atoms with E-state index in [1.807, 2.05) is 0 Å². The summed E-state index contributed by atoms with van der Waals surface area (Å²) in [4.78, 5) is 8.29. The van der Waals surface area contributed by atoms with Crippen LogP contribution in [0.5, 0.6) is 0 Å². The number of thioether (sulfide) groups is 1. The summed E-state index contributed by atoms with van der Waals surface area (Å²) in [5.41, 5.74) is 0. The Kier molecular flexibility index (Phi) is 3.13. The largest absolute Gasteiger partial charge is 0.487 e. The first kappa shape index (κ1) is 10.7. The lowest BCUT2D eigenvalue weighted by atomic mass is 10.4. The summed E-state index contributed by atoms with van der Waals surface area (Å²) in [6, 6.07) is 0. The minimum Gasteiger partial charge on any atom is -0.487 e. The monoisotopic (exact) mass is 233 g/mol. The number of carbonyl (C=O) groups excluding carboxylic acids is 1. The predicted molar refractivity (Wildman–Crippen MR) is 44.3 cm³/mol. The van der Waals surface area contributed by atoms with Crippen molar-refractivity contribution in [2.75, 3.05) is 12.4 Å². The highest BCUT2D eigenvalue weighted by Gasteiger charge is 2.43. The maximum Gasteiger partial charge on any atom is 0.450 e. The minimum atomic E-state index is -4.61. The Hall–Kier alpha value is -0.360. The highest BCUT2D eigenvalue weighted by Crippen LogP contribution is 2.37. The van der Waals surface area contributed by atoms with E-state index in [4.69, 9.17) is 16.4 Å². The van der Waals surface area contributed by atoms with Crippen LogP contribution in [0.2, 0.25) is 0 Å². The molecule has 0 bridgehead atoms. The number of hydrogen-bond acceptors (Lipinski definition) is 2. The number of alkyl halides is 3. The van der Waals surface area contributed by atoms with E-state index in [2.05, 4.69) is 4.74 Å². The SMILES string of the molecule is [OH+]=C(Cl)C1=C(C(F)(F)F)OCCS1. The van der Waals surface area contributed by atoms with Crippen LogP contribution in [0, 0.1) is 0 Å². The van der Waals surface area contributed by atoms with Crippen LogP contribution >= 0.6 is 23.4 Å². The molecule has 0 unspecified atom stereocenters. The normalized spacial score (nSPS) is 18.5. The van der Waals surface area contributed by atoms with Gasteiger partial charge in [0.15, 0.2) is 4.91 Å². The van der Waals surface area contributed by atoms with Crippen LogP contribution in [0.4, 0.5) is 13.2 Å². The van der Waals surface area contributed by atoms with Crippen LogP contribution in [-0.4, -0.2) is 28.6 Å². The van der Waals surface area contributed by atoms with Gasteiger partial charge in [0.2, 0.25) is 5.76 Å². The molecule has 0 amide bonds. The molecule has 1 heterocycles. The van der Waals surface area contributed by atoms with E-state index < -0.39 is 22.1 Å². The fourth-order valence-corrected chi connectivity index (χ4v) is 1.83. The third-order valence-electron chi connectivity index (χ3n) is 1.23. The summed E-state index contributed by atoms with van der Waals surface area (Å²) in [6.07, 6.45) is -4.61. The molecule has 0 spiro atoms. The molecule has 0 saturated heterocycles.